The van der Waals surface area contributed by atoms with Crippen LogP contribution in [0, 0.1) is 6.92 Å². The molecule has 0 radical (unpaired) electrons. The predicted molar refractivity (Wildman–Crippen MR) is 128 cm³/mol. The fourth-order valence-electron chi connectivity index (χ4n) is 3.70. The van der Waals surface area contributed by atoms with Gasteiger partial charge in [0.2, 0.25) is 0 Å². The normalized spacial score (nSPS) is 11.1. The predicted octanol–water partition coefficient (Wildman–Crippen LogP) is 4.30. The maximum atomic E-state index is 11.1. The molecule has 6 nitrogen and oxygen atoms in total. The fourth-order valence-corrected chi connectivity index (χ4v) is 4.37. The summed E-state index contributed by atoms with van der Waals surface area (Å²) in [6.07, 6.45) is 0. The average molecular weight is 452 g/mol. The molecule has 5 rings (SSSR count). The van der Waals surface area contributed by atoms with Crippen LogP contribution < -0.4 is 5.11 Å². The highest BCUT2D eigenvalue weighted by atomic mass is 32.2. The highest BCUT2D eigenvalue weighted by Gasteiger charge is 2.19. The third kappa shape index (κ3) is 4.23. The van der Waals surface area contributed by atoms with Crippen molar-refractivity contribution in [3.05, 3.63) is 90.5 Å². The Kier molecular flexibility index (Phi) is 5.62. The topological polar surface area (TPSA) is 83.7 Å². The van der Waals surface area contributed by atoms with Gasteiger partial charge < -0.3 is 9.90 Å². The summed E-state index contributed by atoms with van der Waals surface area (Å²) >= 11 is 1.08. The number of para-hydroxylation sites is 2. The van der Waals surface area contributed by atoms with Crippen molar-refractivity contribution in [2.45, 2.75) is 12.1 Å². The summed E-state index contributed by atoms with van der Waals surface area (Å²) in [7, 11) is 0. The van der Waals surface area contributed by atoms with Gasteiger partial charge in [-0.25, -0.2) is 4.98 Å². The first-order valence-electron chi connectivity index (χ1n) is 10.4. The molecule has 0 fully saturated rings. The first kappa shape index (κ1) is 20.9. The van der Waals surface area contributed by atoms with E-state index >= 15 is 0 Å². The molecule has 0 saturated heterocycles. The van der Waals surface area contributed by atoms with E-state index in [1.54, 1.807) is 0 Å². The van der Waals surface area contributed by atoms with E-state index in [0.29, 0.717) is 11.0 Å². The summed E-state index contributed by atoms with van der Waals surface area (Å²) in [5, 5.41) is 21.3. The molecule has 0 amide bonds. The maximum absolute atomic E-state index is 11.1. The first-order chi connectivity index (χ1) is 16.1. The van der Waals surface area contributed by atoms with Crippen LogP contribution in [0.15, 0.2) is 90.1 Å². The van der Waals surface area contributed by atoms with E-state index in [1.165, 1.54) is 5.56 Å². The highest BCUT2D eigenvalue weighted by molar-refractivity contribution is 7.99. The number of carboxylic acids is 1. The highest BCUT2D eigenvalue weighted by Crippen LogP contribution is 2.34. The lowest BCUT2D eigenvalue weighted by molar-refractivity contribution is -0.301. The van der Waals surface area contributed by atoms with E-state index in [2.05, 4.69) is 41.4 Å². The quantitative estimate of drug-likeness (QED) is 0.358. The third-order valence-electron chi connectivity index (χ3n) is 5.27. The second kappa shape index (κ2) is 8.88. The minimum atomic E-state index is -1.15. The number of aromatic nitrogens is 4. The third-order valence-corrected chi connectivity index (χ3v) is 6.17. The largest absolute Gasteiger partial charge is 0.549 e. The standard InChI is InChI=1S/C26H20N4O2S/c1-17-11-13-18(14-12-17)23-15-21(20-9-5-6-10-22(20)27-23)25-28-29-26(33-16-24(31)32)30(25)19-7-3-2-4-8-19/h2-15H,16H2,1H3,(H,31,32)/p-1. The van der Waals surface area contributed by atoms with Gasteiger partial charge in [-0.2, -0.15) is 0 Å². The summed E-state index contributed by atoms with van der Waals surface area (Å²) in [5.74, 6) is -0.745. The average Bonchev–Trinajstić information content (AvgIpc) is 3.27. The molecule has 0 bridgehead atoms. The summed E-state index contributed by atoms with van der Waals surface area (Å²) in [6, 6.07) is 27.8. The molecule has 5 aromatic rings. The van der Waals surface area contributed by atoms with Crippen LogP contribution in [0.25, 0.3) is 39.2 Å². The van der Waals surface area contributed by atoms with Gasteiger partial charge in [0.1, 0.15) is 0 Å². The van der Waals surface area contributed by atoms with Crippen LogP contribution in [0.4, 0.5) is 0 Å². The lowest BCUT2D eigenvalue weighted by Crippen LogP contribution is -2.24. The molecular weight excluding hydrogens is 432 g/mol. The number of benzene rings is 3. The van der Waals surface area contributed by atoms with E-state index in [4.69, 9.17) is 4.98 Å². The SMILES string of the molecule is Cc1ccc(-c2cc(-c3nnc(SCC(=O)[O-])n3-c3ccccc3)c3ccccc3n2)cc1. The van der Waals surface area contributed by atoms with Gasteiger partial charge in [-0.15, -0.1) is 10.2 Å². The van der Waals surface area contributed by atoms with E-state index in [0.717, 1.165) is 45.2 Å². The fraction of sp³-hybridized carbons (Fsp3) is 0.0769. The Labute approximate surface area is 195 Å². The van der Waals surface area contributed by atoms with E-state index in [9.17, 15) is 9.90 Å². The number of hydrogen-bond acceptors (Lipinski definition) is 6. The lowest BCUT2D eigenvalue weighted by Gasteiger charge is -2.13. The molecule has 33 heavy (non-hydrogen) atoms. The van der Waals surface area contributed by atoms with Crippen molar-refractivity contribution < 1.29 is 9.90 Å². The Morgan fingerprint density at radius 1 is 0.939 bits per heavy atom. The Hall–Kier alpha value is -3.97. The Balaban J connectivity index is 1.75. The van der Waals surface area contributed by atoms with Crippen molar-refractivity contribution in [1.82, 2.24) is 19.7 Å². The lowest BCUT2D eigenvalue weighted by atomic mass is 10.0. The first-order valence-corrected chi connectivity index (χ1v) is 11.4. The molecule has 0 aliphatic heterocycles. The van der Waals surface area contributed by atoms with Gasteiger partial charge in [-0.1, -0.05) is 78.0 Å². The molecule has 0 aliphatic carbocycles. The van der Waals surface area contributed by atoms with Crippen molar-refractivity contribution in [3.63, 3.8) is 0 Å². The number of carbonyl (C=O) groups is 1. The zero-order valence-corrected chi connectivity index (χ0v) is 18.6. The molecular formula is C26H19N4O2S-. The number of carboxylic acid groups (broad SMARTS) is 1. The van der Waals surface area contributed by atoms with Gasteiger partial charge in [0.15, 0.2) is 11.0 Å². The molecule has 0 aliphatic rings. The number of pyridine rings is 1. The molecule has 3 aromatic carbocycles. The molecule has 2 heterocycles. The minimum absolute atomic E-state index is 0.212. The molecule has 2 aromatic heterocycles. The number of fused-ring (bicyclic) bond motifs is 1. The van der Waals surface area contributed by atoms with Crippen LogP contribution in [0.1, 0.15) is 5.56 Å². The van der Waals surface area contributed by atoms with E-state index in [1.807, 2.05) is 65.2 Å². The van der Waals surface area contributed by atoms with Crippen LogP contribution in [-0.4, -0.2) is 31.5 Å². The molecule has 0 saturated carbocycles. The van der Waals surface area contributed by atoms with Gasteiger partial charge in [0.25, 0.3) is 0 Å². The smallest absolute Gasteiger partial charge is 0.196 e. The summed E-state index contributed by atoms with van der Waals surface area (Å²) < 4.78 is 1.88. The maximum Gasteiger partial charge on any atom is 0.196 e. The Morgan fingerprint density at radius 3 is 2.42 bits per heavy atom. The van der Waals surface area contributed by atoms with Crippen LogP contribution >= 0.6 is 11.8 Å². The number of aryl methyl sites for hydroxylation is 1. The molecule has 0 unspecified atom stereocenters. The monoisotopic (exact) mass is 451 g/mol. The van der Waals surface area contributed by atoms with Crippen LogP contribution in [0.3, 0.4) is 0 Å². The van der Waals surface area contributed by atoms with Crippen molar-refractivity contribution in [2.75, 3.05) is 5.75 Å². The Bertz CT molecular complexity index is 1450. The van der Waals surface area contributed by atoms with Gasteiger partial charge in [0, 0.05) is 28.0 Å². The van der Waals surface area contributed by atoms with Crippen LogP contribution in [-0.2, 0) is 4.79 Å². The van der Waals surface area contributed by atoms with Gasteiger partial charge in [-0.3, -0.25) is 4.57 Å². The Morgan fingerprint density at radius 2 is 1.67 bits per heavy atom. The van der Waals surface area contributed by atoms with Gasteiger partial charge in [0.05, 0.1) is 17.2 Å². The zero-order valence-electron chi connectivity index (χ0n) is 17.8. The van der Waals surface area contributed by atoms with Crippen molar-refractivity contribution in [1.29, 1.82) is 0 Å². The number of carbonyl (C=O) groups excluding carboxylic acids is 1. The summed E-state index contributed by atoms with van der Waals surface area (Å²) in [6.45, 7) is 2.05. The number of nitrogens with zero attached hydrogens (tertiary/aromatic N) is 4. The van der Waals surface area contributed by atoms with E-state index in [-0.39, 0.29) is 5.75 Å². The van der Waals surface area contributed by atoms with E-state index < -0.39 is 5.97 Å². The van der Waals surface area contributed by atoms with Crippen molar-refractivity contribution in [3.8, 4) is 28.3 Å². The summed E-state index contributed by atoms with van der Waals surface area (Å²) in [5.41, 5.74) is 5.57. The summed E-state index contributed by atoms with van der Waals surface area (Å²) in [4.78, 5) is 16.0. The second-order valence-corrected chi connectivity index (χ2v) is 8.52. The number of thioether (sulfide) groups is 1. The number of aliphatic carboxylic acids is 1. The van der Waals surface area contributed by atoms with Gasteiger partial charge >= 0.3 is 0 Å². The number of hydrogen-bond donors (Lipinski definition) is 0. The molecule has 0 spiro atoms. The molecule has 0 N–H and O–H groups in total. The van der Waals surface area contributed by atoms with Gasteiger partial charge in [-0.05, 0) is 31.2 Å². The molecule has 0 atom stereocenters. The minimum Gasteiger partial charge on any atom is -0.549 e. The molecule has 162 valence electrons. The molecule has 7 heteroatoms. The number of rotatable bonds is 6. The van der Waals surface area contributed by atoms with Crippen LogP contribution in [0.5, 0.6) is 0 Å². The second-order valence-electron chi connectivity index (χ2n) is 7.58. The van der Waals surface area contributed by atoms with Crippen molar-refractivity contribution in [2.24, 2.45) is 0 Å². The van der Waals surface area contributed by atoms with Crippen molar-refractivity contribution >= 4 is 28.6 Å². The zero-order chi connectivity index (χ0) is 22.8. The van der Waals surface area contributed by atoms with Crippen LogP contribution in [0.2, 0.25) is 0 Å².